The zero-order chi connectivity index (χ0) is 21.4. The number of carbonyl (C=O) groups excluding carboxylic acids is 1. The molecule has 0 amide bonds. The lowest BCUT2D eigenvalue weighted by Gasteiger charge is -2.19. The summed E-state index contributed by atoms with van der Waals surface area (Å²) in [5.41, 5.74) is 2.67. The first-order valence-corrected chi connectivity index (χ1v) is 12.5. The van der Waals surface area contributed by atoms with Crippen LogP contribution in [0.15, 0.2) is 24.3 Å². The molecule has 0 atom stereocenters. The highest BCUT2D eigenvalue weighted by Crippen LogP contribution is 2.22. The Bertz CT molecular complexity index is 520. The van der Waals surface area contributed by atoms with Crippen molar-refractivity contribution < 1.29 is 4.79 Å². The van der Waals surface area contributed by atoms with Crippen molar-refractivity contribution in [1.82, 2.24) is 0 Å². The second-order valence-electron chi connectivity index (χ2n) is 10.0. The van der Waals surface area contributed by atoms with Crippen molar-refractivity contribution in [1.29, 1.82) is 0 Å². The Morgan fingerprint density at radius 2 is 1.07 bits per heavy atom. The summed E-state index contributed by atoms with van der Waals surface area (Å²) in [4.78, 5) is 12.2. The molecule has 0 heterocycles. The number of ketones is 1. The van der Waals surface area contributed by atoms with E-state index >= 15 is 0 Å². The average Bonchev–Trinajstić information content (AvgIpc) is 2.68. The van der Waals surface area contributed by atoms with Crippen LogP contribution in [0.5, 0.6) is 0 Å². The molecule has 0 aliphatic rings. The first-order chi connectivity index (χ1) is 13.9. The maximum Gasteiger partial charge on any atom is 0.137 e. The third-order valence-electron chi connectivity index (χ3n) is 6.03. The number of carbonyl (C=O) groups is 1. The number of hydrogen-bond acceptors (Lipinski definition) is 1. The predicted molar refractivity (Wildman–Crippen MR) is 129 cm³/mol. The van der Waals surface area contributed by atoms with Gasteiger partial charge >= 0.3 is 0 Å². The van der Waals surface area contributed by atoms with Gasteiger partial charge in [0, 0.05) is 12.8 Å². The summed E-state index contributed by atoms with van der Waals surface area (Å²) in [5.74, 6) is 0.396. The van der Waals surface area contributed by atoms with Gasteiger partial charge < -0.3 is 0 Å². The summed E-state index contributed by atoms with van der Waals surface area (Å²) in [6.07, 6.45) is 20.4. The molecule has 1 nitrogen and oxygen atoms in total. The molecule has 0 saturated carbocycles. The molecule has 0 radical (unpaired) electrons. The molecule has 0 aromatic heterocycles. The SMILES string of the molecule is CCCCCCCCCCCCCCCCC(=O)Cc1ccc(C(C)(C)C)cc1. The molecule has 0 unspecified atom stereocenters. The lowest BCUT2D eigenvalue weighted by molar-refractivity contribution is -0.118. The maximum absolute atomic E-state index is 12.2. The summed E-state index contributed by atoms with van der Waals surface area (Å²) < 4.78 is 0. The smallest absolute Gasteiger partial charge is 0.137 e. The summed E-state index contributed by atoms with van der Waals surface area (Å²) >= 11 is 0. The zero-order valence-electron chi connectivity index (χ0n) is 20.0. The summed E-state index contributed by atoms with van der Waals surface area (Å²) in [5, 5.41) is 0. The molecule has 29 heavy (non-hydrogen) atoms. The molecule has 0 aliphatic carbocycles. The Morgan fingerprint density at radius 1 is 0.655 bits per heavy atom. The summed E-state index contributed by atoms with van der Waals surface area (Å²) in [7, 11) is 0. The van der Waals surface area contributed by atoms with E-state index in [0.29, 0.717) is 12.2 Å². The van der Waals surface area contributed by atoms with Gasteiger partial charge in [0.25, 0.3) is 0 Å². The Balaban J connectivity index is 1.94. The molecule has 1 aromatic rings. The van der Waals surface area contributed by atoms with Crippen molar-refractivity contribution in [3.05, 3.63) is 35.4 Å². The number of unbranched alkanes of at least 4 members (excludes halogenated alkanes) is 13. The van der Waals surface area contributed by atoms with Gasteiger partial charge in [0.1, 0.15) is 5.78 Å². The van der Waals surface area contributed by atoms with Gasteiger partial charge in [-0.25, -0.2) is 0 Å². The molecule has 1 heteroatoms. The predicted octanol–water partition coefficient (Wildman–Crippen LogP) is 8.97. The van der Waals surface area contributed by atoms with E-state index in [9.17, 15) is 4.79 Å². The van der Waals surface area contributed by atoms with Gasteiger partial charge in [0.2, 0.25) is 0 Å². The Labute approximate surface area is 182 Å². The Hall–Kier alpha value is -1.11. The molecule has 1 rings (SSSR count). The maximum atomic E-state index is 12.2. The van der Waals surface area contributed by atoms with Crippen molar-refractivity contribution in [2.45, 2.75) is 136 Å². The lowest BCUT2D eigenvalue weighted by atomic mass is 9.86. The summed E-state index contributed by atoms with van der Waals surface area (Å²) in [6, 6.07) is 8.61. The van der Waals surface area contributed by atoms with Crippen LogP contribution < -0.4 is 0 Å². The van der Waals surface area contributed by atoms with E-state index in [2.05, 4.69) is 52.0 Å². The molecular weight excluding hydrogens is 352 g/mol. The van der Waals surface area contributed by atoms with Crippen molar-refractivity contribution in [2.75, 3.05) is 0 Å². The average molecular weight is 401 g/mol. The molecule has 166 valence electrons. The minimum Gasteiger partial charge on any atom is -0.299 e. The fourth-order valence-corrected chi connectivity index (χ4v) is 3.96. The van der Waals surface area contributed by atoms with E-state index in [-0.39, 0.29) is 5.41 Å². The minimum atomic E-state index is 0.177. The zero-order valence-corrected chi connectivity index (χ0v) is 20.0. The van der Waals surface area contributed by atoms with Crippen LogP contribution in [0.1, 0.15) is 135 Å². The molecule has 0 bridgehead atoms. The van der Waals surface area contributed by atoms with Crippen molar-refractivity contribution in [3.63, 3.8) is 0 Å². The second-order valence-corrected chi connectivity index (χ2v) is 10.0. The van der Waals surface area contributed by atoms with Gasteiger partial charge in [0.05, 0.1) is 0 Å². The van der Waals surface area contributed by atoms with Crippen LogP contribution >= 0.6 is 0 Å². The fraction of sp³-hybridized carbons (Fsp3) is 0.750. The van der Waals surface area contributed by atoms with Crippen LogP contribution in [0.4, 0.5) is 0 Å². The molecule has 0 N–H and O–H groups in total. The lowest BCUT2D eigenvalue weighted by Crippen LogP contribution is -2.11. The third-order valence-corrected chi connectivity index (χ3v) is 6.03. The van der Waals surface area contributed by atoms with Crippen LogP contribution in [0.25, 0.3) is 0 Å². The number of rotatable bonds is 17. The highest BCUT2D eigenvalue weighted by Gasteiger charge is 2.13. The first-order valence-electron chi connectivity index (χ1n) is 12.5. The standard InChI is InChI=1S/C28H48O/c1-5-6-7-8-9-10-11-12-13-14-15-16-17-18-19-27(29)24-25-20-22-26(23-21-25)28(2,3)4/h20-23H,5-19,24H2,1-4H3. The Morgan fingerprint density at radius 3 is 1.48 bits per heavy atom. The van der Waals surface area contributed by atoms with Gasteiger partial charge in [-0.15, -0.1) is 0 Å². The first kappa shape index (κ1) is 25.9. The quantitative estimate of drug-likeness (QED) is 0.238. The fourth-order valence-electron chi connectivity index (χ4n) is 3.96. The molecule has 1 aromatic carbocycles. The monoisotopic (exact) mass is 400 g/mol. The van der Waals surface area contributed by atoms with E-state index in [4.69, 9.17) is 0 Å². The van der Waals surface area contributed by atoms with Crippen molar-refractivity contribution in [3.8, 4) is 0 Å². The van der Waals surface area contributed by atoms with E-state index in [1.807, 2.05) is 0 Å². The largest absolute Gasteiger partial charge is 0.299 e. The van der Waals surface area contributed by atoms with Crippen LogP contribution in [-0.2, 0) is 16.6 Å². The van der Waals surface area contributed by atoms with Crippen molar-refractivity contribution >= 4 is 5.78 Å². The van der Waals surface area contributed by atoms with E-state index in [1.165, 1.54) is 89.0 Å². The van der Waals surface area contributed by atoms with E-state index in [0.717, 1.165) is 18.4 Å². The van der Waals surface area contributed by atoms with Gasteiger partial charge in [-0.2, -0.15) is 0 Å². The van der Waals surface area contributed by atoms with E-state index in [1.54, 1.807) is 0 Å². The molecule has 0 fully saturated rings. The molecule has 0 spiro atoms. The topological polar surface area (TPSA) is 17.1 Å². The van der Waals surface area contributed by atoms with Crippen molar-refractivity contribution in [2.24, 2.45) is 0 Å². The third kappa shape index (κ3) is 13.7. The number of hydrogen-bond donors (Lipinski definition) is 0. The highest BCUT2D eigenvalue weighted by molar-refractivity contribution is 5.80. The highest BCUT2D eigenvalue weighted by atomic mass is 16.1. The number of benzene rings is 1. The van der Waals surface area contributed by atoms with Crippen LogP contribution in [0.2, 0.25) is 0 Å². The van der Waals surface area contributed by atoms with Crippen LogP contribution in [0.3, 0.4) is 0 Å². The van der Waals surface area contributed by atoms with Gasteiger partial charge in [-0.3, -0.25) is 4.79 Å². The van der Waals surface area contributed by atoms with Gasteiger partial charge in [-0.1, -0.05) is 135 Å². The van der Waals surface area contributed by atoms with Gasteiger partial charge in [0.15, 0.2) is 0 Å². The Kier molecular flexibility index (Phi) is 14.0. The minimum absolute atomic E-state index is 0.177. The molecule has 0 aliphatic heterocycles. The molecule has 0 saturated heterocycles. The van der Waals surface area contributed by atoms with Crippen LogP contribution in [-0.4, -0.2) is 5.78 Å². The normalized spacial score (nSPS) is 11.7. The van der Waals surface area contributed by atoms with Crippen LogP contribution in [0, 0.1) is 0 Å². The summed E-state index contributed by atoms with van der Waals surface area (Å²) in [6.45, 7) is 8.96. The number of Topliss-reactive ketones (excluding diaryl/α,β-unsaturated/α-hetero) is 1. The molecular formula is C28H48O. The second kappa shape index (κ2) is 15.7. The van der Waals surface area contributed by atoms with E-state index < -0.39 is 0 Å². The van der Waals surface area contributed by atoms with Gasteiger partial charge in [-0.05, 0) is 23.0 Å².